The molecule has 0 aromatic heterocycles. The minimum absolute atomic E-state index is 0.0409. The van der Waals surface area contributed by atoms with Crippen molar-refractivity contribution in [1.82, 2.24) is 0 Å². The van der Waals surface area contributed by atoms with Crippen molar-refractivity contribution in [2.24, 2.45) is 16.7 Å². The Morgan fingerprint density at radius 2 is 2.00 bits per heavy atom. The Bertz CT molecular complexity index is 670. The third-order valence-corrected chi connectivity index (χ3v) is 8.83. The second-order valence-electron chi connectivity index (χ2n) is 8.04. The second kappa shape index (κ2) is 5.71. The Kier molecular flexibility index (Phi) is 4.33. The maximum atomic E-state index is 12.2. The maximum Gasteiger partial charge on any atom is 0.316 e. The Balaban J connectivity index is 1.61. The zero-order chi connectivity index (χ0) is 17.9. The zero-order valence-electron chi connectivity index (χ0n) is 14.4. The van der Waals surface area contributed by atoms with Gasteiger partial charge in [0.25, 0.3) is 10.1 Å². The fourth-order valence-electron chi connectivity index (χ4n) is 4.06. The van der Waals surface area contributed by atoms with Gasteiger partial charge in [-0.05, 0) is 19.3 Å². The van der Waals surface area contributed by atoms with Crippen LogP contribution in [0.5, 0.6) is 0 Å². The molecule has 0 N–H and O–H groups in total. The molecule has 0 aromatic rings. The summed E-state index contributed by atoms with van der Waals surface area (Å²) in [5.74, 6) is -0.614. The van der Waals surface area contributed by atoms with Crippen LogP contribution in [-0.4, -0.2) is 42.7 Å². The predicted octanol–water partition coefficient (Wildman–Crippen LogP) is 2.12. The van der Waals surface area contributed by atoms with Crippen molar-refractivity contribution in [2.75, 3.05) is 5.75 Å². The SMILES string of the molecule is CCC(C)(C)C(=O)SCC(=O)OC1C2OS(=O)(=O)C3CC1(C)CC23. The number of rotatable bonds is 5. The molecule has 2 saturated carbocycles. The van der Waals surface area contributed by atoms with Crippen LogP contribution in [0.3, 0.4) is 0 Å². The molecular weight excluding hydrogens is 352 g/mol. The molecule has 0 aromatic carbocycles. The molecular formula is C16H24O6S2. The van der Waals surface area contributed by atoms with E-state index in [9.17, 15) is 18.0 Å². The van der Waals surface area contributed by atoms with Gasteiger partial charge in [-0.15, -0.1) is 0 Å². The number of esters is 1. The van der Waals surface area contributed by atoms with E-state index in [0.29, 0.717) is 19.3 Å². The summed E-state index contributed by atoms with van der Waals surface area (Å²) in [7, 11) is -3.54. The predicted molar refractivity (Wildman–Crippen MR) is 89.8 cm³/mol. The van der Waals surface area contributed by atoms with Crippen LogP contribution in [0, 0.1) is 16.7 Å². The van der Waals surface area contributed by atoms with Gasteiger partial charge in [0.2, 0.25) is 0 Å². The van der Waals surface area contributed by atoms with Crippen molar-refractivity contribution in [3.05, 3.63) is 0 Å². The van der Waals surface area contributed by atoms with Gasteiger partial charge in [0.05, 0.1) is 11.0 Å². The van der Waals surface area contributed by atoms with E-state index in [0.717, 1.165) is 11.8 Å². The van der Waals surface area contributed by atoms with Gasteiger partial charge in [-0.3, -0.25) is 13.8 Å². The van der Waals surface area contributed by atoms with Crippen LogP contribution in [0.4, 0.5) is 0 Å². The molecule has 2 aliphatic carbocycles. The number of carbonyl (C=O) groups excluding carboxylic acids is 2. The van der Waals surface area contributed by atoms with E-state index >= 15 is 0 Å². The van der Waals surface area contributed by atoms with Crippen LogP contribution in [0.15, 0.2) is 0 Å². The van der Waals surface area contributed by atoms with Crippen molar-refractivity contribution in [1.29, 1.82) is 0 Å². The molecule has 3 fully saturated rings. The summed E-state index contributed by atoms with van der Waals surface area (Å²) in [6, 6.07) is 0. The monoisotopic (exact) mass is 376 g/mol. The van der Waals surface area contributed by atoms with Crippen molar-refractivity contribution in [2.45, 2.75) is 64.4 Å². The number of fused-ring (bicyclic) bond motifs is 1. The van der Waals surface area contributed by atoms with Gasteiger partial charge < -0.3 is 4.74 Å². The van der Waals surface area contributed by atoms with Crippen molar-refractivity contribution in [3.63, 3.8) is 0 Å². The second-order valence-corrected chi connectivity index (χ2v) is 10.8. The molecule has 1 heterocycles. The topological polar surface area (TPSA) is 86.7 Å². The van der Waals surface area contributed by atoms with Gasteiger partial charge in [-0.25, -0.2) is 0 Å². The summed E-state index contributed by atoms with van der Waals surface area (Å²) in [4.78, 5) is 24.3. The fraction of sp³-hybridized carbons (Fsp3) is 0.875. The quantitative estimate of drug-likeness (QED) is 0.536. The minimum atomic E-state index is -3.54. The molecule has 0 amide bonds. The lowest BCUT2D eigenvalue weighted by Gasteiger charge is -2.32. The van der Waals surface area contributed by atoms with E-state index in [2.05, 4.69) is 0 Å². The Morgan fingerprint density at radius 3 is 2.62 bits per heavy atom. The molecule has 24 heavy (non-hydrogen) atoms. The van der Waals surface area contributed by atoms with Gasteiger partial charge in [-0.1, -0.05) is 39.5 Å². The zero-order valence-corrected chi connectivity index (χ0v) is 16.0. The van der Waals surface area contributed by atoms with E-state index in [1.807, 2.05) is 27.7 Å². The van der Waals surface area contributed by atoms with Gasteiger partial charge >= 0.3 is 5.97 Å². The van der Waals surface area contributed by atoms with Gasteiger partial charge in [0.1, 0.15) is 12.2 Å². The molecule has 3 aliphatic rings. The normalized spacial score (nSPS) is 39.2. The lowest BCUT2D eigenvalue weighted by Crippen LogP contribution is -2.42. The summed E-state index contributed by atoms with van der Waals surface area (Å²) in [6.07, 6.45) is 0.775. The van der Waals surface area contributed by atoms with Gasteiger partial charge in [-0.2, -0.15) is 8.42 Å². The van der Waals surface area contributed by atoms with E-state index in [1.165, 1.54) is 0 Å². The molecule has 1 aliphatic heterocycles. The largest absolute Gasteiger partial charge is 0.458 e. The Morgan fingerprint density at radius 1 is 1.33 bits per heavy atom. The summed E-state index contributed by atoms with van der Waals surface area (Å²) in [6.45, 7) is 7.59. The average Bonchev–Trinajstić information content (AvgIpc) is 3.03. The summed E-state index contributed by atoms with van der Waals surface area (Å²) in [5.41, 5.74) is -0.824. The Labute approximate surface area is 147 Å². The standard InChI is InChI=1S/C16H24O6S2/c1-5-15(2,3)14(18)23-8-11(17)21-13-12-9-6-16(13,4)7-10(9)24(19,20)22-12/h9-10,12-13H,5-8H2,1-4H3. The highest BCUT2D eigenvalue weighted by Crippen LogP contribution is 2.62. The fourth-order valence-corrected chi connectivity index (χ4v) is 6.87. The molecule has 8 heteroatoms. The van der Waals surface area contributed by atoms with Crippen molar-refractivity contribution >= 4 is 33.0 Å². The molecule has 136 valence electrons. The summed E-state index contributed by atoms with van der Waals surface area (Å²) in [5, 5.41) is -0.496. The molecule has 1 saturated heterocycles. The lowest BCUT2D eigenvalue weighted by molar-refractivity contribution is -0.157. The average molecular weight is 376 g/mol. The highest BCUT2D eigenvalue weighted by atomic mass is 32.2. The number of carbonyl (C=O) groups is 2. The number of thioether (sulfide) groups is 1. The van der Waals surface area contributed by atoms with E-state index < -0.39 is 39.0 Å². The number of hydrogen-bond donors (Lipinski definition) is 0. The molecule has 2 bridgehead atoms. The Hall–Kier alpha value is -0.600. The maximum absolute atomic E-state index is 12.2. The van der Waals surface area contributed by atoms with Crippen LogP contribution >= 0.6 is 11.8 Å². The third-order valence-electron chi connectivity index (χ3n) is 5.89. The van der Waals surface area contributed by atoms with Crippen LogP contribution in [0.25, 0.3) is 0 Å². The van der Waals surface area contributed by atoms with E-state index in [4.69, 9.17) is 8.92 Å². The van der Waals surface area contributed by atoms with E-state index in [-0.39, 0.29) is 22.2 Å². The van der Waals surface area contributed by atoms with Gasteiger partial charge in [0, 0.05) is 16.7 Å². The lowest BCUT2D eigenvalue weighted by atomic mass is 9.82. The highest BCUT2D eigenvalue weighted by Gasteiger charge is 2.70. The molecule has 0 spiro atoms. The highest BCUT2D eigenvalue weighted by molar-refractivity contribution is 8.14. The smallest absolute Gasteiger partial charge is 0.316 e. The summed E-state index contributed by atoms with van der Waals surface area (Å²) < 4.78 is 34.8. The number of hydrogen-bond acceptors (Lipinski definition) is 7. The van der Waals surface area contributed by atoms with Crippen molar-refractivity contribution in [3.8, 4) is 0 Å². The van der Waals surface area contributed by atoms with Crippen molar-refractivity contribution < 1.29 is 26.9 Å². The van der Waals surface area contributed by atoms with E-state index in [1.54, 1.807) is 0 Å². The molecule has 6 nitrogen and oxygen atoms in total. The first-order valence-electron chi connectivity index (χ1n) is 8.29. The van der Waals surface area contributed by atoms with Crippen LogP contribution in [0.1, 0.15) is 47.0 Å². The molecule has 0 radical (unpaired) electrons. The van der Waals surface area contributed by atoms with Crippen LogP contribution in [0.2, 0.25) is 0 Å². The first-order valence-corrected chi connectivity index (χ1v) is 10.7. The molecule has 5 atom stereocenters. The third kappa shape index (κ3) is 2.80. The minimum Gasteiger partial charge on any atom is -0.458 e. The van der Waals surface area contributed by atoms with Crippen LogP contribution in [-0.2, 0) is 28.6 Å². The number of ether oxygens (including phenoxy) is 1. The first kappa shape index (κ1) is 18.2. The van der Waals surface area contributed by atoms with Crippen LogP contribution < -0.4 is 0 Å². The molecule has 5 unspecified atom stereocenters. The van der Waals surface area contributed by atoms with Gasteiger partial charge in [0.15, 0.2) is 5.12 Å². The summed E-state index contributed by atoms with van der Waals surface area (Å²) >= 11 is 0.965. The molecule has 3 rings (SSSR count). The first-order chi connectivity index (χ1) is 11.0.